The third kappa shape index (κ3) is 3.22. The maximum atomic E-state index is 13.6. The van der Waals surface area contributed by atoms with Crippen LogP contribution in [-0.4, -0.2) is 17.0 Å². The van der Waals surface area contributed by atoms with Crippen molar-refractivity contribution < 1.29 is 4.39 Å². The van der Waals surface area contributed by atoms with Crippen molar-refractivity contribution >= 4 is 16.9 Å². The van der Waals surface area contributed by atoms with Crippen LogP contribution in [0.25, 0.3) is 0 Å². The first-order valence-corrected chi connectivity index (χ1v) is 6.87. The van der Waals surface area contributed by atoms with Gasteiger partial charge in [0.25, 0.3) is 0 Å². The molecule has 0 amide bonds. The van der Waals surface area contributed by atoms with Crippen LogP contribution in [0.4, 0.5) is 4.39 Å². The zero-order chi connectivity index (χ0) is 12.3. The molecule has 1 aliphatic rings. The minimum atomic E-state index is -0.165. The van der Waals surface area contributed by atoms with Gasteiger partial charge in [-0.2, -0.15) is 0 Å². The lowest BCUT2D eigenvalue weighted by atomic mass is 10.1. The van der Waals surface area contributed by atoms with Crippen molar-refractivity contribution in [2.45, 2.75) is 32.4 Å². The molecule has 2 atom stereocenters. The highest BCUT2D eigenvalue weighted by atomic mass is 32.2. The molecule has 0 aromatic heterocycles. The number of amidine groups is 1. The molecule has 1 heterocycles. The number of nitrogens with one attached hydrogen (secondary N) is 1. The van der Waals surface area contributed by atoms with Gasteiger partial charge in [-0.05, 0) is 26.3 Å². The summed E-state index contributed by atoms with van der Waals surface area (Å²) in [5.74, 6) is 0.915. The summed E-state index contributed by atoms with van der Waals surface area (Å²) in [5, 5.41) is 4.21. The second-order valence-corrected chi connectivity index (χ2v) is 5.39. The van der Waals surface area contributed by atoms with Gasteiger partial charge in [0, 0.05) is 11.3 Å². The highest BCUT2D eigenvalue weighted by Gasteiger charge is 2.16. The van der Waals surface area contributed by atoms with Crippen molar-refractivity contribution in [1.29, 1.82) is 0 Å². The minimum absolute atomic E-state index is 0.0484. The van der Waals surface area contributed by atoms with E-state index in [0.29, 0.717) is 11.6 Å². The Kier molecular flexibility index (Phi) is 4.05. The van der Waals surface area contributed by atoms with Gasteiger partial charge < -0.3 is 5.32 Å². The van der Waals surface area contributed by atoms with Crippen LogP contribution >= 0.6 is 11.8 Å². The first-order chi connectivity index (χ1) is 8.16. The van der Waals surface area contributed by atoms with Gasteiger partial charge in [0.2, 0.25) is 0 Å². The number of halogens is 1. The smallest absolute Gasteiger partial charge is 0.157 e. The highest BCUT2D eigenvalue weighted by Crippen LogP contribution is 2.21. The summed E-state index contributed by atoms with van der Waals surface area (Å²) in [4.78, 5) is 4.52. The van der Waals surface area contributed by atoms with Crippen LogP contribution in [0.15, 0.2) is 29.3 Å². The molecular formula is C13H17FN2S. The predicted octanol–water partition coefficient (Wildman–Crippen LogP) is 3.36. The van der Waals surface area contributed by atoms with Gasteiger partial charge in [0.1, 0.15) is 5.82 Å². The molecule has 0 spiro atoms. The maximum Gasteiger partial charge on any atom is 0.157 e. The second kappa shape index (κ2) is 5.54. The van der Waals surface area contributed by atoms with Gasteiger partial charge in [-0.3, -0.25) is 4.99 Å². The average Bonchev–Trinajstić information content (AvgIpc) is 2.29. The van der Waals surface area contributed by atoms with Crippen LogP contribution in [-0.2, 0) is 0 Å². The normalized spacial score (nSPS) is 21.8. The van der Waals surface area contributed by atoms with E-state index in [-0.39, 0.29) is 11.9 Å². The van der Waals surface area contributed by atoms with E-state index in [1.807, 2.05) is 19.1 Å². The molecule has 0 aliphatic carbocycles. The van der Waals surface area contributed by atoms with Gasteiger partial charge in [0.05, 0.1) is 12.1 Å². The summed E-state index contributed by atoms with van der Waals surface area (Å²) in [5.41, 5.74) is 0.689. The molecule has 2 nitrogen and oxygen atoms in total. The molecule has 0 radical (unpaired) electrons. The van der Waals surface area contributed by atoms with E-state index in [1.54, 1.807) is 17.8 Å². The van der Waals surface area contributed by atoms with Crippen LogP contribution in [0.3, 0.4) is 0 Å². The quantitative estimate of drug-likeness (QED) is 0.873. The Hall–Kier alpha value is -1.03. The molecule has 1 aliphatic heterocycles. The van der Waals surface area contributed by atoms with Gasteiger partial charge in [-0.1, -0.05) is 30.0 Å². The van der Waals surface area contributed by atoms with Crippen LogP contribution in [0.2, 0.25) is 0 Å². The molecule has 17 heavy (non-hydrogen) atoms. The Morgan fingerprint density at radius 3 is 2.94 bits per heavy atom. The molecule has 92 valence electrons. The van der Waals surface area contributed by atoms with E-state index in [4.69, 9.17) is 0 Å². The van der Waals surface area contributed by atoms with E-state index in [9.17, 15) is 4.39 Å². The van der Waals surface area contributed by atoms with Crippen molar-refractivity contribution in [1.82, 2.24) is 5.32 Å². The predicted molar refractivity (Wildman–Crippen MR) is 71.9 cm³/mol. The number of thioether (sulfide) groups is 1. The van der Waals surface area contributed by atoms with Gasteiger partial charge in [-0.15, -0.1) is 0 Å². The lowest BCUT2D eigenvalue weighted by Crippen LogP contribution is -2.28. The zero-order valence-corrected chi connectivity index (χ0v) is 10.9. The van der Waals surface area contributed by atoms with Crippen LogP contribution in [0, 0.1) is 5.82 Å². The summed E-state index contributed by atoms with van der Waals surface area (Å²) in [6.07, 6.45) is 1.12. The number of hydrogen-bond donors (Lipinski definition) is 1. The SMILES string of the molecule is CC1CCSC(NC(C)c2ccccc2F)=N1. The first-order valence-electron chi connectivity index (χ1n) is 5.88. The van der Waals surface area contributed by atoms with E-state index in [1.165, 1.54) is 6.07 Å². The van der Waals surface area contributed by atoms with Crippen LogP contribution in [0.5, 0.6) is 0 Å². The Labute approximate surface area is 106 Å². The molecule has 4 heteroatoms. The van der Waals surface area contributed by atoms with Gasteiger partial charge >= 0.3 is 0 Å². The lowest BCUT2D eigenvalue weighted by Gasteiger charge is -2.22. The number of aliphatic imine (C=N–C) groups is 1. The molecule has 2 unspecified atom stereocenters. The molecule has 0 saturated carbocycles. The number of benzene rings is 1. The van der Waals surface area contributed by atoms with Crippen molar-refractivity contribution in [2.75, 3.05) is 5.75 Å². The highest BCUT2D eigenvalue weighted by molar-refractivity contribution is 8.13. The van der Waals surface area contributed by atoms with Gasteiger partial charge in [-0.25, -0.2) is 4.39 Å². The average molecular weight is 252 g/mol. The topological polar surface area (TPSA) is 24.4 Å². The number of hydrogen-bond acceptors (Lipinski definition) is 3. The summed E-state index contributed by atoms with van der Waals surface area (Å²) >= 11 is 1.71. The molecule has 0 bridgehead atoms. The molecule has 1 aromatic rings. The fourth-order valence-corrected chi connectivity index (χ4v) is 2.96. The standard InChI is InChI=1S/C13H17FN2S/c1-9-7-8-17-13(15-9)16-10(2)11-5-3-4-6-12(11)14/h3-6,9-10H,7-8H2,1-2H3,(H,15,16). The minimum Gasteiger partial charge on any atom is -0.358 e. The number of nitrogens with zero attached hydrogens (tertiary/aromatic N) is 1. The van der Waals surface area contributed by atoms with Crippen LogP contribution in [0.1, 0.15) is 31.9 Å². The largest absolute Gasteiger partial charge is 0.358 e. The van der Waals surface area contributed by atoms with Crippen molar-refractivity contribution in [2.24, 2.45) is 4.99 Å². The maximum absolute atomic E-state index is 13.6. The molecule has 1 aromatic carbocycles. The molecule has 2 rings (SSSR count). The molecule has 0 fully saturated rings. The monoisotopic (exact) mass is 252 g/mol. The van der Waals surface area contributed by atoms with Crippen molar-refractivity contribution in [3.8, 4) is 0 Å². The van der Waals surface area contributed by atoms with E-state index >= 15 is 0 Å². The first kappa shape index (κ1) is 12.4. The van der Waals surface area contributed by atoms with Crippen molar-refractivity contribution in [3.63, 3.8) is 0 Å². The Balaban J connectivity index is 2.07. The Morgan fingerprint density at radius 1 is 1.47 bits per heavy atom. The molecule has 0 saturated heterocycles. The van der Waals surface area contributed by atoms with E-state index < -0.39 is 0 Å². The lowest BCUT2D eigenvalue weighted by molar-refractivity contribution is 0.578. The van der Waals surface area contributed by atoms with E-state index in [0.717, 1.165) is 17.3 Å². The summed E-state index contributed by atoms with van der Waals surface area (Å²) in [7, 11) is 0. The Bertz CT molecular complexity index is 420. The van der Waals surface area contributed by atoms with Crippen LogP contribution < -0.4 is 5.32 Å². The van der Waals surface area contributed by atoms with E-state index in [2.05, 4.69) is 17.2 Å². The van der Waals surface area contributed by atoms with Gasteiger partial charge in [0.15, 0.2) is 5.17 Å². The third-order valence-corrected chi connectivity index (χ3v) is 3.76. The van der Waals surface area contributed by atoms with Crippen molar-refractivity contribution in [3.05, 3.63) is 35.6 Å². The molecule has 1 N–H and O–H groups in total. The fraction of sp³-hybridized carbons (Fsp3) is 0.462. The summed E-state index contributed by atoms with van der Waals surface area (Å²) < 4.78 is 13.6. The number of rotatable bonds is 2. The Morgan fingerprint density at radius 2 is 2.24 bits per heavy atom. The fourth-order valence-electron chi connectivity index (χ4n) is 1.80. The summed E-state index contributed by atoms with van der Waals surface area (Å²) in [6.45, 7) is 4.07. The zero-order valence-electron chi connectivity index (χ0n) is 10.1. The summed E-state index contributed by atoms with van der Waals surface area (Å²) in [6, 6.07) is 7.19. The third-order valence-electron chi connectivity index (χ3n) is 2.82. The molecular weight excluding hydrogens is 235 g/mol. The second-order valence-electron chi connectivity index (χ2n) is 4.31.